The Morgan fingerprint density at radius 2 is 0.881 bits per heavy atom. The Hall–Kier alpha value is -5.86. The number of hydrogen-bond donors (Lipinski definition) is 0. The summed E-state index contributed by atoms with van der Waals surface area (Å²) in [5.74, 6) is 0. The zero-order valence-corrected chi connectivity index (χ0v) is 36.8. The van der Waals surface area contributed by atoms with Crippen molar-refractivity contribution in [3.63, 3.8) is 0 Å². The number of benzene rings is 7. The van der Waals surface area contributed by atoms with Gasteiger partial charge in [0.25, 0.3) is 0 Å². The van der Waals surface area contributed by atoms with E-state index in [9.17, 15) is 0 Å². The van der Waals surface area contributed by atoms with Crippen LogP contribution in [0.25, 0.3) is 49.7 Å². The van der Waals surface area contributed by atoms with Gasteiger partial charge in [-0.3, -0.25) is 0 Å². The molecule has 7 aromatic carbocycles. The quantitative estimate of drug-likeness (QED) is 0.169. The van der Waals surface area contributed by atoms with Gasteiger partial charge in [-0.2, -0.15) is 0 Å². The van der Waals surface area contributed by atoms with Gasteiger partial charge in [0.1, 0.15) is 0 Å². The first kappa shape index (κ1) is 38.6. The van der Waals surface area contributed by atoms with E-state index in [4.69, 9.17) is 0 Å². The lowest BCUT2D eigenvalue weighted by Crippen LogP contribution is -2.15. The molecule has 0 bridgehead atoms. The summed E-state index contributed by atoms with van der Waals surface area (Å²) in [6.07, 6.45) is 0. The Labute approximate surface area is 352 Å². The second-order valence-electron chi connectivity index (χ2n) is 20.4. The summed E-state index contributed by atoms with van der Waals surface area (Å²) in [5, 5.41) is 2.56. The Balaban J connectivity index is 1.15. The molecule has 1 aromatic heterocycles. The van der Waals surface area contributed by atoms with Gasteiger partial charge in [-0.15, -0.1) is 0 Å². The fourth-order valence-electron chi connectivity index (χ4n) is 9.27. The van der Waals surface area contributed by atoms with Gasteiger partial charge in [-0.1, -0.05) is 155 Å². The topological polar surface area (TPSA) is 8.17 Å². The smallest absolute Gasteiger partial charge is 0.0541 e. The average Bonchev–Trinajstić information content (AvgIpc) is 3.65. The van der Waals surface area contributed by atoms with Crippen molar-refractivity contribution in [1.29, 1.82) is 0 Å². The largest absolute Gasteiger partial charge is 0.310 e. The van der Waals surface area contributed by atoms with Gasteiger partial charge < -0.3 is 9.47 Å². The average molecular weight is 771 g/mol. The van der Waals surface area contributed by atoms with E-state index in [0.717, 1.165) is 17.1 Å². The van der Waals surface area contributed by atoms with Gasteiger partial charge in [0, 0.05) is 38.9 Å². The molecule has 0 amide bonds. The van der Waals surface area contributed by atoms with Gasteiger partial charge >= 0.3 is 0 Å². The van der Waals surface area contributed by atoms with E-state index in [1.165, 1.54) is 77.6 Å². The van der Waals surface area contributed by atoms with E-state index in [1.54, 1.807) is 0 Å². The van der Waals surface area contributed by atoms with E-state index in [1.807, 2.05) is 0 Å². The van der Waals surface area contributed by atoms with E-state index >= 15 is 0 Å². The van der Waals surface area contributed by atoms with E-state index in [-0.39, 0.29) is 21.7 Å². The maximum Gasteiger partial charge on any atom is 0.0541 e. The summed E-state index contributed by atoms with van der Waals surface area (Å²) < 4.78 is 2.44. The van der Waals surface area contributed by atoms with Gasteiger partial charge in [-0.25, -0.2) is 0 Å². The molecule has 0 saturated carbocycles. The molecule has 0 saturated heterocycles. The summed E-state index contributed by atoms with van der Waals surface area (Å²) in [5.41, 5.74) is 19.1. The third-order valence-corrected chi connectivity index (χ3v) is 12.9. The van der Waals surface area contributed by atoms with E-state index in [2.05, 4.69) is 237 Å². The minimum atomic E-state index is -0.0378. The van der Waals surface area contributed by atoms with Gasteiger partial charge in [0.05, 0.1) is 11.0 Å². The van der Waals surface area contributed by atoms with Crippen molar-refractivity contribution in [3.8, 4) is 27.9 Å². The molecule has 0 atom stereocenters. The minimum absolute atomic E-state index is 0.0378. The van der Waals surface area contributed by atoms with Crippen LogP contribution in [0.2, 0.25) is 0 Å². The number of hydrogen-bond acceptors (Lipinski definition) is 1. The van der Waals surface area contributed by atoms with Crippen molar-refractivity contribution in [1.82, 2.24) is 4.57 Å². The highest BCUT2D eigenvalue weighted by Crippen LogP contribution is 2.51. The van der Waals surface area contributed by atoms with Crippen LogP contribution in [0.4, 0.5) is 17.1 Å². The van der Waals surface area contributed by atoms with Crippen molar-refractivity contribution < 1.29 is 0 Å². The van der Waals surface area contributed by atoms with Crippen LogP contribution in [0.3, 0.4) is 0 Å². The monoisotopic (exact) mass is 770 g/mol. The molecule has 0 radical (unpaired) electrons. The molecule has 8 aromatic rings. The number of rotatable bonds is 5. The molecule has 0 fully saturated rings. The molecule has 1 heterocycles. The third kappa shape index (κ3) is 6.67. The van der Waals surface area contributed by atoms with Crippen LogP contribution in [0.15, 0.2) is 152 Å². The third-order valence-electron chi connectivity index (χ3n) is 12.9. The van der Waals surface area contributed by atoms with Crippen LogP contribution < -0.4 is 4.90 Å². The Morgan fingerprint density at radius 1 is 0.407 bits per heavy atom. The van der Waals surface area contributed by atoms with Crippen molar-refractivity contribution in [2.45, 2.75) is 97.8 Å². The molecule has 2 nitrogen and oxygen atoms in total. The highest BCUT2D eigenvalue weighted by Gasteiger charge is 2.35. The highest BCUT2D eigenvalue weighted by atomic mass is 15.1. The van der Waals surface area contributed by atoms with Crippen LogP contribution in [0.5, 0.6) is 0 Å². The number of anilines is 3. The lowest BCUT2D eigenvalue weighted by molar-refractivity contribution is 0.590. The fourth-order valence-corrected chi connectivity index (χ4v) is 9.27. The summed E-state index contributed by atoms with van der Waals surface area (Å²) in [4.78, 5) is 2.42. The molecule has 0 spiro atoms. The first-order chi connectivity index (χ1) is 27.9. The predicted molar refractivity (Wildman–Crippen MR) is 255 cm³/mol. The SMILES string of the molecule is CC(C)(C)c1ccc(N(c2ccc(-c3ccc4c(c3)c3cc(C(C)(C)C)ccc3n4-c3ccc(C(C)(C)C)cc3)cc2)c2ccc3c(c2)-c2ccccc2C3(C)C)cc1. The number of aromatic nitrogens is 1. The second kappa shape index (κ2) is 13.6. The molecule has 1 aliphatic rings. The van der Waals surface area contributed by atoms with Crippen LogP contribution in [0, 0.1) is 0 Å². The van der Waals surface area contributed by atoms with Crippen molar-refractivity contribution in [3.05, 3.63) is 179 Å². The zero-order chi connectivity index (χ0) is 41.6. The van der Waals surface area contributed by atoms with Crippen LogP contribution >= 0.6 is 0 Å². The standard InChI is InChI=1S/C57H58N2/c1-54(2,3)39-19-26-43(27-20-39)58(45-30-31-51-47(36-45)46-14-12-13-15-50(46)57(51,10)11)42-24-16-37(17-25-42)38-18-32-52-48(34-38)49-35-41(56(7,8)9)23-33-53(49)59(52)44-28-21-40(22-29-44)55(4,5)6/h12-36H,1-11H3. The first-order valence-electron chi connectivity index (χ1n) is 21.3. The molecule has 296 valence electrons. The van der Waals surface area contributed by atoms with Gasteiger partial charge in [0.2, 0.25) is 0 Å². The highest BCUT2D eigenvalue weighted by molar-refractivity contribution is 6.11. The molecule has 0 unspecified atom stereocenters. The second-order valence-corrected chi connectivity index (χ2v) is 20.4. The van der Waals surface area contributed by atoms with Crippen molar-refractivity contribution >= 4 is 38.9 Å². The molecule has 2 heteroatoms. The predicted octanol–water partition coefficient (Wildman–Crippen LogP) is 16.1. The molecular weight excluding hydrogens is 713 g/mol. The first-order valence-corrected chi connectivity index (χ1v) is 21.3. The number of nitrogens with zero attached hydrogens (tertiary/aromatic N) is 2. The summed E-state index contributed by atoms with van der Waals surface area (Å²) >= 11 is 0. The Kier molecular flexibility index (Phi) is 8.91. The lowest BCUT2D eigenvalue weighted by atomic mass is 9.82. The van der Waals surface area contributed by atoms with E-state index < -0.39 is 0 Å². The van der Waals surface area contributed by atoms with Gasteiger partial charge in [-0.05, 0) is 139 Å². The van der Waals surface area contributed by atoms with Crippen molar-refractivity contribution in [2.24, 2.45) is 0 Å². The molecule has 1 aliphatic carbocycles. The fraction of sp³-hybridized carbons (Fsp3) is 0.263. The molecule has 0 aliphatic heterocycles. The maximum atomic E-state index is 2.44. The Bertz CT molecular complexity index is 2860. The molecule has 9 rings (SSSR count). The van der Waals surface area contributed by atoms with Crippen LogP contribution in [0.1, 0.15) is 104 Å². The van der Waals surface area contributed by atoms with Crippen LogP contribution in [-0.4, -0.2) is 4.57 Å². The van der Waals surface area contributed by atoms with Crippen LogP contribution in [-0.2, 0) is 21.7 Å². The zero-order valence-electron chi connectivity index (χ0n) is 36.8. The normalized spacial score (nSPS) is 13.8. The van der Waals surface area contributed by atoms with Crippen molar-refractivity contribution in [2.75, 3.05) is 4.90 Å². The summed E-state index contributed by atoms with van der Waals surface area (Å²) in [6, 6.07) is 57.5. The Morgan fingerprint density at radius 3 is 1.49 bits per heavy atom. The lowest BCUT2D eigenvalue weighted by Gasteiger charge is -2.28. The summed E-state index contributed by atoms with van der Waals surface area (Å²) in [7, 11) is 0. The molecular formula is C57H58N2. The van der Waals surface area contributed by atoms with E-state index in [0.29, 0.717) is 0 Å². The minimum Gasteiger partial charge on any atom is -0.310 e. The number of fused-ring (bicyclic) bond motifs is 6. The molecule has 59 heavy (non-hydrogen) atoms. The summed E-state index contributed by atoms with van der Waals surface area (Å²) in [6.45, 7) is 25.3. The van der Waals surface area contributed by atoms with Gasteiger partial charge in [0.15, 0.2) is 0 Å². The maximum absolute atomic E-state index is 2.44. The molecule has 0 N–H and O–H groups in total.